The molecule has 0 unspecified atom stereocenters. The summed E-state index contributed by atoms with van der Waals surface area (Å²) >= 11 is 0. The highest BCUT2D eigenvalue weighted by Crippen LogP contribution is 2.68. The minimum Gasteiger partial charge on any atom is -0.392 e. The molecule has 0 radical (unpaired) electrons. The third-order valence-corrected chi connectivity index (χ3v) is 9.41. The fraction of sp³-hybridized carbons (Fsp3) is 1.00. The van der Waals surface area contributed by atoms with Crippen LogP contribution < -0.4 is 0 Å². The van der Waals surface area contributed by atoms with Crippen LogP contribution in [0.3, 0.4) is 0 Å². The number of rotatable bonds is 0. The number of aliphatic hydroxyl groups excluding tert-OH is 4. The van der Waals surface area contributed by atoms with Crippen molar-refractivity contribution < 1.29 is 25.5 Å². The van der Waals surface area contributed by atoms with E-state index in [-0.39, 0.29) is 36.0 Å². The Morgan fingerprint density at radius 2 is 1.44 bits per heavy atom. The van der Waals surface area contributed by atoms with Crippen LogP contribution in [-0.2, 0) is 0 Å². The second kappa shape index (κ2) is 5.20. The first-order chi connectivity index (χ1) is 11.5. The molecule has 25 heavy (non-hydrogen) atoms. The third-order valence-electron chi connectivity index (χ3n) is 9.41. The van der Waals surface area contributed by atoms with Crippen molar-refractivity contribution in [2.24, 2.45) is 40.4 Å². The zero-order valence-electron chi connectivity index (χ0n) is 15.8. The molecule has 0 aromatic carbocycles. The summed E-state index contributed by atoms with van der Waals surface area (Å²) in [5.74, 6) is -0.0891. The molecule has 4 fully saturated rings. The molecule has 0 amide bonds. The zero-order valence-corrected chi connectivity index (χ0v) is 15.8. The number of aliphatic hydroxyl groups is 5. The maximum absolute atomic E-state index is 11.7. The summed E-state index contributed by atoms with van der Waals surface area (Å²) in [6.07, 6.45) is -0.582. The Labute approximate surface area is 150 Å². The Morgan fingerprint density at radius 3 is 2.08 bits per heavy atom. The Hall–Kier alpha value is -0.200. The van der Waals surface area contributed by atoms with Crippen molar-refractivity contribution >= 4 is 0 Å². The predicted octanol–water partition coefficient (Wildman–Crippen LogP) is 0.909. The van der Waals surface area contributed by atoms with E-state index in [9.17, 15) is 25.5 Å². The molecule has 11 atom stereocenters. The first kappa shape index (κ1) is 18.2. The van der Waals surface area contributed by atoms with Gasteiger partial charge in [-0.3, -0.25) is 0 Å². The highest BCUT2D eigenvalue weighted by Gasteiger charge is 2.73. The van der Waals surface area contributed by atoms with Gasteiger partial charge in [0.25, 0.3) is 0 Å². The number of fused-ring (bicyclic) bond motifs is 2. The van der Waals surface area contributed by atoms with Crippen molar-refractivity contribution in [3.05, 3.63) is 0 Å². The molecule has 5 nitrogen and oxygen atoms in total. The van der Waals surface area contributed by atoms with Gasteiger partial charge in [0.05, 0.1) is 24.4 Å². The van der Waals surface area contributed by atoms with Crippen molar-refractivity contribution in [3.8, 4) is 0 Å². The molecule has 5 heteroatoms. The molecule has 0 aliphatic heterocycles. The van der Waals surface area contributed by atoms with Gasteiger partial charge < -0.3 is 25.5 Å². The van der Waals surface area contributed by atoms with Crippen LogP contribution in [0.1, 0.15) is 53.4 Å². The second-order valence-corrected chi connectivity index (χ2v) is 10.2. The van der Waals surface area contributed by atoms with Gasteiger partial charge in [0.1, 0.15) is 5.60 Å². The van der Waals surface area contributed by atoms with Crippen molar-refractivity contribution in [3.63, 3.8) is 0 Å². The van der Waals surface area contributed by atoms with Crippen molar-refractivity contribution in [2.75, 3.05) is 0 Å². The van der Waals surface area contributed by atoms with E-state index >= 15 is 0 Å². The van der Waals surface area contributed by atoms with E-state index in [0.717, 1.165) is 12.8 Å². The quantitative estimate of drug-likeness (QED) is 0.445. The van der Waals surface area contributed by atoms with E-state index < -0.39 is 40.8 Å². The molecule has 4 saturated carbocycles. The van der Waals surface area contributed by atoms with Gasteiger partial charge in [0.2, 0.25) is 0 Å². The summed E-state index contributed by atoms with van der Waals surface area (Å²) in [6.45, 7) is 7.73. The van der Waals surface area contributed by atoms with Gasteiger partial charge in [-0.05, 0) is 55.3 Å². The van der Waals surface area contributed by atoms with Crippen LogP contribution in [0.5, 0.6) is 0 Å². The Bertz CT molecular complexity index is 558. The minimum absolute atomic E-state index is 0.00517. The lowest BCUT2D eigenvalue weighted by Gasteiger charge is -2.48. The molecule has 4 aliphatic carbocycles. The summed E-state index contributed by atoms with van der Waals surface area (Å²) in [5.41, 5.74) is -2.98. The SMILES string of the molecule is C[C@H]1[C@@H]2CC[C@H]3[C@H](C)[C@@H]4C[C@H](O)C(C)(C)[C@@]4(O)[C@H](O)C[C@]3([C@@H]2O)[C@H]1O. The Kier molecular flexibility index (Phi) is 3.78. The van der Waals surface area contributed by atoms with Crippen LogP contribution >= 0.6 is 0 Å². The smallest absolute Gasteiger partial charge is 0.101 e. The van der Waals surface area contributed by atoms with Crippen molar-refractivity contribution in [1.29, 1.82) is 0 Å². The molecular weight excluding hydrogens is 320 g/mol. The fourth-order valence-corrected chi connectivity index (χ4v) is 7.75. The second-order valence-electron chi connectivity index (χ2n) is 10.2. The molecule has 2 bridgehead atoms. The first-order valence-electron chi connectivity index (χ1n) is 9.95. The van der Waals surface area contributed by atoms with E-state index in [2.05, 4.69) is 6.92 Å². The summed E-state index contributed by atoms with van der Waals surface area (Å²) in [7, 11) is 0. The van der Waals surface area contributed by atoms with Gasteiger partial charge in [-0.1, -0.05) is 27.7 Å². The molecule has 5 N–H and O–H groups in total. The lowest BCUT2D eigenvalue weighted by atomic mass is 9.58. The molecule has 1 spiro atoms. The first-order valence-corrected chi connectivity index (χ1v) is 9.95. The average molecular weight is 354 g/mol. The molecule has 4 rings (SSSR count). The van der Waals surface area contributed by atoms with Crippen LogP contribution in [0.2, 0.25) is 0 Å². The van der Waals surface area contributed by atoms with E-state index in [4.69, 9.17) is 0 Å². The van der Waals surface area contributed by atoms with E-state index in [1.54, 1.807) is 0 Å². The van der Waals surface area contributed by atoms with Gasteiger partial charge >= 0.3 is 0 Å². The van der Waals surface area contributed by atoms with Gasteiger partial charge in [-0.15, -0.1) is 0 Å². The van der Waals surface area contributed by atoms with Crippen molar-refractivity contribution in [1.82, 2.24) is 0 Å². The van der Waals surface area contributed by atoms with E-state index in [1.807, 2.05) is 20.8 Å². The van der Waals surface area contributed by atoms with Crippen LogP contribution in [0.4, 0.5) is 0 Å². The molecule has 0 aromatic rings. The zero-order chi connectivity index (χ0) is 18.5. The normalized spacial score (nSPS) is 63.0. The molecule has 0 saturated heterocycles. The van der Waals surface area contributed by atoms with Gasteiger partial charge in [-0.25, -0.2) is 0 Å². The monoisotopic (exact) mass is 354 g/mol. The summed E-state index contributed by atoms with van der Waals surface area (Å²) in [4.78, 5) is 0. The van der Waals surface area contributed by atoms with Crippen LogP contribution in [-0.4, -0.2) is 55.5 Å². The maximum atomic E-state index is 11.7. The minimum atomic E-state index is -1.40. The summed E-state index contributed by atoms with van der Waals surface area (Å²) in [6, 6.07) is 0. The molecule has 0 heterocycles. The highest BCUT2D eigenvalue weighted by atomic mass is 16.4. The van der Waals surface area contributed by atoms with Gasteiger partial charge in [0, 0.05) is 10.8 Å². The topological polar surface area (TPSA) is 101 Å². The van der Waals surface area contributed by atoms with Crippen molar-refractivity contribution in [2.45, 2.75) is 83.4 Å². The molecule has 0 aromatic heterocycles. The van der Waals surface area contributed by atoms with Crippen LogP contribution in [0.25, 0.3) is 0 Å². The largest absolute Gasteiger partial charge is 0.392 e. The standard InChI is InChI=1S/C20H34O5/c1-9-11-5-6-12-10(2)13-7-14(21)18(3,4)20(13,25)15(22)8-19(12,16(9)23)17(11)24/h9-17,21-25H,5-8H2,1-4H3/t9-,10-,11-,12-,13-,14-,15+,16-,17+,19+,20-/m0/s1. The lowest BCUT2D eigenvalue weighted by Crippen LogP contribution is -2.58. The van der Waals surface area contributed by atoms with Gasteiger partial charge in [-0.2, -0.15) is 0 Å². The molecule has 144 valence electrons. The highest BCUT2D eigenvalue weighted by molar-refractivity contribution is 5.22. The summed E-state index contributed by atoms with van der Waals surface area (Å²) in [5, 5.41) is 55.7. The maximum Gasteiger partial charge on any atom is 0.101 e. The molecular formula is C20H34O5. The third kappa shape index (κ3) is 1.82. The average Bonchev–Trinajstić information content (AvgIpc) is 2.75. The van der Waals surface area contributed by atoms with E-state index in [1.165, 1.54) is 0 Å². The number of hydrogen-bond acceptors (Lipinski definition) is 5. The molecule has 4 aliphatic rings. The Balaban J connectivity index is 1.85. The van der Waals surface area contributed by atoms with Gasteiger partial charge in [0.15, 0.2) is 0 Å². The fourth-order valence-electron chi connectivity index (χ4n) is 7.75. The lowest BCUT2D eigenvalue weighted by molar-refractivity contribution is -0.182. The summed E-state index contributed by atoms with van der Waals surface area (Å²) < 4.78 is 0. The van der Waals surface area contributed by atoms with E-state index in [0.29, 0.717) is 6.42 Å². The number of hydrogen-bond donors (Lipinski definition) is 5. The van der Waals surface area contributed by atoms with Crippen LogP contribution in [0, 0.1) is 40.4 Å². The predicted molar refractivity (Wildman–Crippen MR) is 92.5 cm³/mol. The Morgan fingerprint density at radius 1 is 0.800 bits per heavy atom. The van der Waals surface area contributed by atoms with Crippen LogP contribution in [0.15, 0.2) is 0 Å².